The number of hydrogen-bond donors (Lipinski definition) is 1. The number of aryl methyl sites for hydroxylation is 1. The Morgan fingerprint density at radius 3 is 3.04 bits per heavy atom. The molecule has 0 radical (unpaired) electrons. The molecule has 27 heavy (non-hydrogen) atoms. The minimum Gasteiger partial charge on any atom is -0.367 e. The van der Waals surface area contributed by atoms with Crippen LogP contribution >= 0.6 is 11.8 Å². The van der Waals surface area contributed by atoms with Crippen LogP contribution in [0, 0.1) is 0 Å². The lowest BCUT2D eigenvalue weighted by atomic mass is 10.1. The number of hydrogen-bond acceptors (Lipinski definition) is 7. The molecule has 1 aliphatic rings. The van der Waals surface area contributed by atoms with Crippen molar-refractivity contribution in [3.63, 3.8) is 0 Å². The molecule has 1 aliphatic heterocycles. The second-order valence-electron chi connectivity index (χ2n) is 6.47. The molecule has 0 saturated carbocycles. The average Bonchev–Trinajstić information content (AvgIpc) is 2.86. The molecule has 1 N–H and O–H groups in total. The fourth-order valence-electron chi connectivity index (χ4n) is 3.27. The van der Waals surface area contributed by atoms with Crippen molar-refractivity contribution in [2.75, 3.05) is 11.6 Å². The van der Waals surface area contributed by atoms with E-state index in [9.17, 15) is 4.79 Å². The largest absolute Gasteiger partial charge is 0.367 e. The van der Waals surface area contributed by atoms with Gasteiger partial charge in [-0.1, -0.05) is 17.8 Å². The van der Waals surface area contributed by atoms with Crippen LogP contribution in [0.5, 0.6) is 0 Å². The molecular weight excluding hydrogens is 362 g/mol. The molecule has 9 heteroatoms. The number of nitrogens with one attached hydrogen (secondary N) is 1. The van der Waals surface area contributed by atoms with Gasteiger partial charge in [0, 0.05) is 37.6 Å². The van der Waals surface area contributed by atoms with Crippen LogP contribution in [0.3, 0.4) is 0 Å². The fraction of sp³-hybridized carbons (Fsp3) is 0.389. The topological polar surface area (TPSA) is 90.5 Å². The molecule has 8 nitrogen and oxygen atoms in total. The summed E-state index contributed by atoms with van der Waals surface area (Å²) in [4.78, 5) is 25.5. The second-order valence-corrected chi connectivity index (χ2v) is 7.24. The number of thioether (sulfide) groups is 1. The van der Waals surface area contributed by atoms with Crippen LogP contribution in [-0.4, -0.2) is 41.6 Å². The summed E-state index contributed by atoms with van der Waals surface area (Å²) in [7, 11) is 0. The molecular formula is C18H21N7OS. The van der Waals surface area contributed by atoms with Crippen LogP contribution < -0.4 is 11.0 Å². The third kappa shape index (κ3) is 4.02. The molecule has 0 aromatic carbocycles. The van der Waals surface area contributed by atoms with E-state index in [2.05, 4.69) is 25.4 Å². The number of rotatable bonds is 5. The average molecular weight is 383 g/mol. The predicted molar refractivity (Wildman–Crippen MR) is 104 cm³/mol. The smallest absolute Gasteiger partial charge is 0.346 e. The predicted octanol–water partition coefficient (Wildman–Crippen LogP) is 1.82. The zero-order valence-electron chi connectivity index (χ0n) is 15.1. The lowest BCUT2D eigenvalue weighted by Crippen LogP contribution is -2.27. The highest BCUT2D eigenvalue weighted by Gasteiger charge is 2.21. The minimum atomic E-state index is -0.0544. The standard InChI is InChI=1S/C18H21N7OS/c1-27-17-20-9-6-15(22-17)21-14-4-5-16-23-25(18(26)24(16)10-7-14)12-13-3-2-8-19-11-13/h2-3,6,8-9,11,14H,4-5,7,10,12H2,1H3,(H,20,21,22). The van der Waals surface area contributed by atoms with Gasteiger partial charge in [-0.25, -0.2) is 19.4 Å². The van der Waals surface area contributed by atoms with Crippen LogP contribution in [0.15, 0.2) is 46.7 Å². The summed E-state index contributed by atoms with van der Waals surface area (Å²) in [6.07, 6.45) is 9.73. The van der Waals surface area contributed by atoms with Gasteiger partial charge in [-0.15, -0.1) is 0 Å². The highest BCUT2D eigenvalue weighted by Crippen LogP contribution is 2.17. The first-order valence-electron chi connectivity index (χ1n) is 8.92. The Labute approximate surface area is 161 Å². The summed E-state index contributed by atoms with van der Waals surface area (Å²) in [6.45, 7) is 1.10. The third-order valence-corrected chi connectivity index (χ3v) is 5.20. The molecule has 3 aromatic rings. The van der Waals surface area contributed by atoms with Crippen molar-refractivity contribution in [2.24, 2.45) is 0 Å². The second kappa shape index (κ2) is 7.91. The third-order valence-electron chi connectivity index (χ3n) is 4.64. The van der Waals surface area contributed by atoms with E-state index in [4.69, 9.17) is 0 Å². The zero-order valence-corrected chi connectivity index (χ0v) is 15.9. The van der Waals surface area contributed by atoms with Gasteiger partial charge >= 0.3 is 5.69 Å². The molecule has 0 aliphatic carbocycles. The molecule has 4 heterocycles. The Bertz CT molecular complexity index is 969. The maximum atomic E-state index is 12.7. The van der Waals surface area contributed by atoms with E-state index in [-0.39, 0.29) is 11.7 Å². The van der Waals surface area contributed by atoms with Gasteiger partial charge < -0.3 is 5.32 Å². The summed E-state index contributed by atoms with van der Waals surface area (Å²) < 4.78 is 3.33. The van der Waals surface area contributed by atoms with E-state index in [1.54, 1.807) is 23.2 Å². The van der Waals surface area contributed by atoms with Crippen molar-refractivity contribution in [1.29, 1.82) is 0 Å². The van der Waals surface area contributed by atoms with Crippen molar-refractivity contribution >= 4 is 17.6 Å². The van der Waals surface area contributed by atoms with Crippen LogP contribution in [0.1, 0.15) is 24.2 Å². The van der Waals surface area contributed by atoms with Gasteiger partial charge in [0.25, 0.3) is 0 Å². The first-order valence-corrected chi connectivity index (χ1v) is 10.1. The number of fused-ring (bicyclic) bond motifs is 1. The highest BCUT2D eigenvalue weighted by atomic mass is 32.2. The number of anilines is 1. The van der Waals surface area contributed by atoms with E-state index in [0.29, 0.717) is 13.1 Å². The Kier molecular flexibility index (Phi) is 5.19. The molecule has 4 rings (SSSR count). The van der Waals surface area contributed by atoms with E-state index in [1.165, 1.54) is 16.4 Å². The molecule has 0 fully saturated rings. The summed E-state index contributed by atoms with van der Waals surface area (Å²) in [5, 5.41) is 8.78. The van der Waals surface area contributed by atoms with E-state index >= 15 is 0 Å². The van der Waals surface area contributed by atoms with Crippen molar-refractivity contribution in [2.45, 2.75) is 43.6 Å². The summed E-state index contributed by atoms with van der Waals surface area (Å²) >= 11 is 1.52. The molecule has 1 atom stereocenters. The zero-order chi connectivity index (χ0) is 18.6. The SMILES string of the molecule is CSc1nccc(NC2CCc3nn(Cc4cccnc4)c(=O)n3CC2)n1. The van der Waals surface area contributed by atoms with Gasteiger partial charge in [-0.3, -0.25) is 9.55 Å². The number of pyridine rings is 1. The van der Waals surface area contributed by atoms with Gasteiger partial charge in [-0.2, -0.15) is 5.10 Å². The summed E-state index contributed by atoms with van der Waals surface area (Å²) in [6, 6.07) is 5.95. The maximum Gasteiger partial charge on any atom is 0.346 e. The molecule has 140 valence electrons. The van der Waals surface area contributed by atoms with Crippen LogP contribution in [0.4, 0.5) is 5.82 Å². The van der Waals surface area contributed by atoms with E-state index in [1.807, 2.05) is 24.5 Å². The van der Waals surface area contributed by atoms with Gasteiger partial charge in [-0.05, 0) is 36.8 Å². The van der Waals surface area contributed by atoms with Crippen molar-refractivity contribution in [1.82, 2.24) is 29.3 Å². The normalized spacial score (nSPS) is 16.6. The lowest BCUT2D eigenvalue weighted by molar-refractivity contribution is 0.551. The number of aromatic nitrogens is 6. The van der Waals surface area contributed by atoms with Crippen molar-refractivity contribution in [3.05, 3.63) is 58.7 Å². The number of nitrogens with zero attached hydrogens (tertiary/aromatic N) is 6. The molecule has 0 saturated heterocycles. The van der Waals surface area contributed by atoms with Crippen LogP contribution in [0.2, 0.25) is 0 Å². The Morgan fingerprint density at radius 2 is 2.22 bits per heavy atom. The molecule has 1 unspecified atom stereocenters. The van der Waals surface area contributed by atoms with Crippen molar-refractivity contribution in [3.8, 4) is 0 Å². The van der Waals surface area contributed by atoms with Gasteiger partial charge in [0.15, 0.2) is 5.16 Å². The Hall–Kier alpha value is -2.68. The van der Waals surface area contributed by atoms with Crippen molar-refractivity contribution < 1.29 is 0 Å². The van der Waals surface area contributed by atoms with Gasteiger partial charge in [0.2, 0.25) is 0 Å². The quantitative estimate of drug-likeness (QED) is 0.531. The minimum absolute atomic E-state index is 0.0544. The monoisotopic (exact) mass is 383 g/mol. The van der Waals surface area contributed by atoms with Crippen LogP contribution in [0.25, 0.3) is 0 Å². The molecule has 0 bridgehead atoms. The Morgan fingerprint density at radius 1 is 1.30 bits per heavy atom. The molecule has 0 spiro atoms. The van der Waals surface area contributed by atoms with Gasteiger partial charge in [0.05, 0.1) is 6.54 Å². The van der Waals surface area contributed by atoms with Crippen LogP contribution in [-0.2, 0) is 19.5 Å². The fourth-order valence-corrected chi connectivity index (χ4v) is 3.62. The first kappa shape index (κ1) is 17.7. The van der Waals surface area contributed by atoms with Gasteiger partial charge in [0.1, 0.15) is 11.6 Å². The van der Waals surface area contributed by atoms with E-state index < -0.39 is 0 Å². The molecule has 0 amide bonds. The lowest BCUT2D eigenvalue weighted by Gasteiger charge is -2.16. The first-order chi connectivity index (χ1) is 13.2. The highest BCUT2D eigenvalue weighted by molar-refractivity contribution is 7.98. The maximum absolute atomic E-state index is 12.7. The molecule has 3 aromatic heterocycles. The van der Waals surface area contributed by atoms with E-state index in [0.717, 1.165) is 41.6 Å². The summed E-state index contributed by atoms with van der Waals surface area (Å²) in [5.41, 5.74) is 0.918. The summed E-state index contributed by atoms with van der Waals surface area (Å²) in [5.74, 6) is 1.67. The Balaban J connectivity index is 1.45.